The van der Waals surface area contributed by atoms with Crippen LogP contribution in [-0.2, 0) is 13.3 Å². The van der Waals surface area contributed by atoms with Gasteiger partial charge in [-0.3, -0.25) is 0 Å². The lowest BCUT2D eigenvalue weighted by atomic mass is 9.86. The highest BCUT2D eigenvalue weighted by Crippen LogP contribution is 2.67. The summed E-state index contributed by atoms with van der Waals surface area (Å²) in [4.78, 5) is 0. The summed E-state index contributed by atoms with van der Waals surface area (Å²) in [6.07, 6.45) is -8.03. The molecule has 0 aliphatic rings. The van der Waals surface area contributed by atoms with Crippen molar-refractivity contribution in [2.24, 2.45) is 0 Å². The second-order valence-electron chi connectivity index (χ2n) is 8.34. The first-order valence-electron chi connectivity index (χ1n) is 11.0. The number of rotatable bonds is 16. The minimum absolute atomic E-state index is 0.226. The van der Waals surface area contributed by atoms with Gasteiger partial charge in [-0.15, -0.1) is 0 Å². The van der Waals surface area contributed by atoms with Crippen molar-refractivity contribution in [3.8, 4) is 0 Å². The highest BCUT2D eigenvalue weighted by Gasteiger charge is 2.98. The number of halogens is 21. The van der Waals surface area contributed by atoms with E-state index in [1.165, 1.54) is 0 Å². The van der Waals surface area contributed by atoms with Crippen molar-refractivity contribution in [1.29, 1.82) is 0 Å². The van der Waals surface area contributed by atoms with E-state index in [1.54, 1.807) is 0 Å². The SMILES string of the molecule is CCO[Si](OCC)(OCC)C(C)C(F)(F)C(F)(F)C(F)(F)C(F)(F)C(F)(F)C(F)(F)C(F)(F)C(F)(F)C(F)(F)C(F)(F)F. The molecule has 1 unspecified atom stereocenters. The first-order valence-corrected chi connectivity index (χ1v) is 12.8. The highest BCUT2D eigenvalue weighted by molar-refractivity contribution is 6.62. The van der Waals surface area contributed by atoms with Crippen molar-refractivity contribution in [1.82, 2.24) is 0 Å². The Morgan fingerprint density at radius 1 is 0.395 bits per heavy atom. The minimum atomic E-state index is -9.22. The van der Waals surface area contributed by atoms with Gasteiger partial charge in [-0.1, -0.05) is 6.92 Å². The molecule has 0 bridgehead atoms. The molecule has 0 aromatic heterocycles. The van der Waals surface area contributed by atoms with Gasteiger partial charge >= 0.3 is 68.3 Å². The van der Waals surface area contributed by atoms with E-state index in [4.69, 9.17) is 0 Å². The Labute approximate surface area is 228 Å². The quantitative estimate of drug-likeness (QED) is 0.119. The van der Waals surface area contributed by atoms with E-state index in [2.05, 4.69) is 13.3 Å². The Morgan fingerprint density at radius 3 is 0.814 bits per heavy atom. The van der Waals surface area contributed by atoms with Gasteiger partial charge in [0.1, 0.15) is 0 Å². The summed E-state index contributed by atoms with van der Waals surface area (Å²) in [5.74, 6) is -77.7. The molecule has 3 nitrogen and oxygen atoms in total. The van der Waals surface area contributed by atoms with E-state index in [1.807, 2.05) is 0 Å². The third-order valence-electron chi connectivity index (χ3n) is 5.65. The van der Waals surface area contributed by atoms with Crippen LogP contribution in [0, 0.1) is 0 Å². The van der Waals surface area contributed by atoms with Gasteiger partial charge in [-0.05, 0) is 20.8 Å². The normalized spacial score (nSPS) is 17.0. The molecule has 0 heterocycles. The Kier molecular flexibility index (Phi) is 11.4. The van der Waals surface area contributed by atoms with E-state index in [0.29, 0.717) is 0 Å². The molecule has 0 aliphatic heterocycles. The summed E-state index contributed by atoms with van der Waals surface area (Å²) in [6, 6.07) is 0. The van der Waals surface area contributed by atoms with E-state index in [-0.39, 0.29) is 6.92 Å². The smallest absolute Gasteiger partial charge is 0.373 e. The van der Waals surface area contributed by atoms with Crippen molar-refractivity contribution in [2.45, 2.75) is 92.7 Å². The van der Waals surface area contributed by atoms with Crippen molar-refractivity contribution >= 4 is 8.80 Å². The average Bonchev–Trinajstić information content (AvgIpc) is 2.82. The summed E-state index contributed by atoms with van der Waals surface area (Å²) >= 11 is 0. The Bertz CT molecular complexity index is 931. The van der Waals surface area contributed by atoms with Crippen molar-refractivity contribution < 1.29 is 105 Å². The molecule has 0 saturated heterocycles. The molecule has 25 heteroatoms. The van der Waals surface area contributed by atoms with Crippen molar-refractivity contribution in [3.63, 3.8) is 0 Å². The van der Waals surface area contributed by atoms with Crippen molar-refractivity contribution in [2.75, 3.05) is 19.8 Å². The largest absolute Gasteiger partial charge is 0.510 e. The van der Waals surface area contributed by atoms with Crippen LogP contribution in [0.4, 0.5) is 92.2 Å². The topological polar surface area (TPSA) is 27.7 Å². The fourth-order valence-electron chi connectivity index (χ4n) is 3.17. The monoisotopic (exact) mass is 710 g/mol. The van der Waals surface area contributed by atoms with Gasteiger partial charge in [0.25, 0.3) is 0 Å². The predicted molar refractivity (Wildman–Crippen MR) is 101 cm³/mol. The van der Waals surface area contributed by atoms with Crippen LogP contribution in [0.2, 0.25) is 5.54 Å². The molecule has 1 atom stereocenters. The van der Waals surface area contributed by atoms with Crippen LogP contribution in [0.5, 0.6) is 0 Å². The molecular weight excluding hydrogens is 691 g/mol. The molecule has 0 fully saturated rings. The van der Waals surface area contributed by atoms with Crippen molar-refractivity contribution in [3.05, 3.63) is 0 Å². The summed E-state index contributed by atoms with van der Waals surface area (Å²) in [7, 11) is -5.51. The highest BCUT2D eigenvalue weighted by atomic mass is 28.4. The molecule has 0 saturated carbocycles. The van der Waals surface area contributed by atoms with Crippen LogP contribution in [0.3, 0.4) is 0 Å². The molecule has 43 heavy (non-hydrogen) atoms. The second kappa shape index (κ2) is 11.8. The van der Waals surface area contributed by atoms with Gasteiger partial charge in [-0.2, -0.15) is 92.2 Å². The van der Waals surface area contributed by atoms with E-state index >= 15 is 0 Å². The molecule has 0 aromatic rings. The lowest BCUT2D eigenvalue weighted by Crippen LogP contribution is -2.77. The standard InChI is InChI=1S/C18H19F21O3Si/c1-5-40-43(41-6-2,42-7-3)8(4)9(19,20)10(21,22)11(23,24)12(25,26)13(27,28)14(29,30)15(31,32)16(33,34)17(35,36)18(37,38)39/h8H,5-7H2,1-4H3. The molecule has 0 N–H and O–H groups in total. The molecular formula is C18H19F21O3Si. The first kappa shape index (κ1) is 41.6. The van der Waals surface area contributed by atoms with Gasteiger partial charge in [0.05, 0.1) is 5.54 Å². The average molecular weight is 710 g/mol. The summed E-state index contributed by atoms with van der Waals surface area (Å²) in [5, 5.41) is 0. The Hall–Kier alpha value is -1.37. The predicted octanol–water partition coefficient (Wildman–Crippen LogP) is 8.70. The molecule has 260 valence electrons. The van der Waals surface area contributed by atoms with E-state index in [9.17, 15) is 92.2 Å². The van der Waals surface area contributed by atoms with Gasteiger partial charge in [0, 0.05) is 19.8 Å². The summed E-state index contributed by atoms with van der Waals surface area (Å²) in [5.41, 5.74) is -3.71. The van der Waals surface area contributed by atoms with E-state index < -0.39 is 93.6 Å². The van der Waals surface area contributed by atoms with Crippen LogP contribution in [0.25, 0.3) is 0 Å². The van der Waals surface area contributed by atoms with Gasteiger partial charge in [-0.25, -0.2) is 0 Å². The number of hydrogen-bond donors (Lipinski definition) is 0. The molecule has 0 aromatic carbocycles. The Morgan fingerprint density at radius 2 is 0.605 bits per heavy atom. The molecule has 0 amide bonds. The maximum absolute atomic E-state index is 14.8. The molecule has 0 spiro atoms. The summed E-state index contributed by atoms with van der Waals surface area (Å²) < 4.78 is 300. The van der Waals surface area contributed by atoms with Gasteiger partial charge < -0.3 is 13.3 Å². The maximum Gasteiger partial charge on any atom is 0.510 e. The zero-order valence-electron chi connectivity index (χ0n) is 21.4. The second-order valence-corrected chi connectivity index (χ2v) is 11.3. The fraction of sp³-hybridized carbons (Fsp3) is 1.00. The summed E-state index contributed by atoms with van der Waals surface area (Å²) in [6.45, 7) is 0.0457. The van der Waals surface area contributed by atoms with Gasteiger partial charge in [0.2, 0.25) is 0 Å². The lowest BCUT2D eigenvalue weighted by molar-refractivity contribution is -0.474. The minimum Gasteiger partial charge on any atom is -0.373 e. The third-order valence-corrected chi connectivity index (χ3v) is 9.14. The van der Waals surface area contributed by atoms with Crippen LogP contribution >= 0.6 is 0 Å². The first-order chi connectivity index (χ1) is 18.6. The molecule has 0 aliphatic carbocycles. The fourth-order valence-corrected chi connectivity index (χ4v) is 6.00. The van der Waals surface area contributed by atoms with Crippen LogP contribution in [-0.4, -0.2) is 88.1 Å². The van der Waals surface area contributed by atoms with Gasteiger partial charge in [0.15, 0.2) is 0 Å². The number of alkyl halides is 21. The Balaban J connectivity index is 7.31. The van der Waals surface area contributed by atoms with E-state index in [0.717, 1.165) is 20.8 Å². The molecule has 0 rings (SSSR count). The lowest BCUT2D eigenvalue weighted by Gasteiger charge is -2.46. The zero-order valence-corrected chi connectivity index (χ0v) is 22.4. The maximum atomic E-state index is 14.8. The van der Waals surface area contributed by atoms with Crippen LogP contribution in [0.15, 0.2) is 0 Å². The zero-order chi connectivity index (χ0) is 35.3. The van der Waals surface area contributed by atoms with Crippen LogP contribution < -0.4 is 0 Å². The van der Waals surface area contributed by atoms with Crippen LogP contribution in [0.1, 0.15) is 27.7 Å². The number of hydrogen-bond acceptors (Lipinski definition) is 3. The third kappa shape index (κ3) is 5.64. The molecule has 0 radical (unpaired) electrons.